The zero-order chi connectivity index (χ0) is 37.7. The number of hydrogen-bond acceptors (Lipinski definition) is 6. The van der Waals surface area contributed by atoms with E-state index in [-0.39, 0.29) is 18.3 Å². The first-order valence-corrected chi connectivity index (χ1v) is 25.3. The molecule has 55 heavy (non-hydrogen) atoms. The number of aliphatic hydroxyl groups excluding tert-OH is 3. The van der Waals surface area contributed by atoms with Gasteiger partial charge in [-0.3, -0.25) is 14.7 Å². The van der Waals surface area contributed by atoms with Crippen LogP contribution < -0.4 is 0 Å². The zero-order valence-corrected chi connectivity index (χ0v) is 35.7. The van der Waals surface area contributed by atoms with Crippen molar-refractivity contribution in [1.29, 1.82) is 0 Å². The van der Waals surface area contributed by atoms with E-state index in [4.69, 9.17) is 0 Å². The standard InChI is InChI=1S/C49H87N3O3/c1-35-9-5-12-43(31-35)51(44-13-6-16-47(53)32-44)41-27-23-39(24-28-41)50(38-21-19-37(20-22-38)36-10-3-2-4-11-36)40-25-29-42(30-26-40)52(45-14-7-17-48(54)33-45)46-15-8-18-49(55)34-46/h35-49,53-55H,2-34H2,1H3. The third-order valence-electron chi connectivity index (χ3n) is 18.0. The summed E-state index contributed by atoms with van der Waals surface area (Å²) < 4.78 is 0. The maximum Gasteiger partial charge on any atom is 0.0555 e. The van der Waals surface area contributed by atoms with Crippen LogP contribution in [0.5, 0.6) is 0 Å². The minimum absolute atomic E-state index is 0.0877. The van der Waals surface area contributed by atoms with Crippen molar-refractivity contribution in [3.05, 3.63) is 0 Å². The average molecular weight is 766 g/mol. The van der Waals surface area contributed by atoms with Crippen LogP contribution in [-0.2, 0) is 0 Å². The Balaban J connectivity index is 0.963. The Labute approximate surface area is 338 Å². The van der Waals surface area contributed by atoms with E-state index in [1.807, 2.05) is 0 Å². The topological polar surface area (TPSA) is 70.4 Å². The molecule has 0 heterocycles. The number of aliphatic hydroxyl groups is 3. The Morgan fingerprint density at radius 2 is 0.582 bits per heavy atom. The molecule has 8 aliphatic rings. The molecule has 8 rings (SSSR count). The Bertz CT molecular complexity index is 1010. The summed E-state index contributed by atoms with van der Waals surface area (Å²) in [6, 6.07) is 5.94. The largest absolute Gasteiger partial charge is 0.393 e. The molecule has 0 saturated heterocycles. The van der Waals surface area contributed by atoms with Gasteiger partial charge in [0.25, 0.3) is 0 Å². The number of rotatable bonds is 10. The molecule has 8 atom stereocenters. The quantitative estimate of drug-likeness (QED) is 0.206. The third kappa shape index (κ3) is 10.4. The normalized spacial score (nSPS) is 44.6. The van der Waals surface area contributed by atoms with Crippen LogP contribution >= 0.6 is 0 Å². The van der Waals surface area contributed by atoms with Crippen molar-refractivity contribution in [2.24, 2.45) is 17.8 Å². The predicted octanol–water partition coefficient (Wildman–Crippen LogP) is 10.1. The van der Waals surface area contributed by atoms with Gasteiger partial charge in [-0.1, -0.05) is 51.9 Å². The van der Waals surface area contributed by atoms with Gasteiger partial charge >= 0.3 is 0 Å². The van der Waals surface area contributed by atoms with E-state index in [0.29, 0.717) is 30.2 Å². The highest BCUT2D eigenvalue weighted by molar-refractivity contribution is 5.00. The molecule has 0 aliphatic heterocycles. The Morgan fingerprint density at radius 3 is 0.945 bits per heavy atom. The van der Waals surface area contributed by atoms with Crippen LogP contribution in [0.4, 0.5) is 0 Å². The van der Waals surface area contributed by atoms with E-state index in [0.717, 1.165) is 93.3 Å². The van der Waals surface area contributed by atoms with Gasteiger partial charge in [-0.2, -0.15) is 0 Å². The molecule has 0 radical (unpaired) electrons. The van der Waals surface area contributed by atoms with Gasteiger partial charge in [-0.25, -0.2) is 0 Å². The number of nitrogens with zero attached hydrogens (tertiary/aromatic N) is 3. The van der Waals surface area contributed by atoms with Gasteiger partial charge in [0.2, 0.25) is 0 Å². The summed E-state index contributed by atoms with van der Waals surface area (Å²) in [5.74, 6) is 2.86. The molecule has 6 nitrogen and oxygen atoms in total. The summed E-state index contributed by atoms with van der Waals surface area (Å²) in [6.07, 6.45) is 42.5. The van der Waals surface area contributed by atoms with E-state index in [2.05, 4.69) is 21.6 Å². The van der Waals surface area contributed by atoms with Crippen LogP contribution in [0.25, 0.3) is 0 Å². The number of hydrogen-bond donors (Lipinski definition) is 3. The first-order chi connectivity index (χ1) is 26.9. The minimum Gasteiger partial charge on any atom is -0.393 e. The highest BCUT2D eigenvalue weighted by atomic mass is 16.3. The molecule has 0 amide bonds. The summed E-state index contributed by atoms with van der Waals surface area (Å²) in [4.78, 5) is 9.23. The fourth-order valence-corrected chi connectivity index (χ4v) is 15.4. The van der Waals surface area contributed by atoms with Gasteiger partial charge in [0.05, 0.1) is 18.3 Å². The average Bonchev–Trinajstić information content (AvgIpc) is 3.20. The lowest BCUT2D eigenvalue weighted by molar-refractivity contribution is -0.0528. The van der Waals surface area contributed by atoms with Gasteiger partial charge < -0.3 is 15.3 Å². The van der Waals surface area contributed by atoms with E-state index >= 15 is 0 Å². The van der Waals surface area contributed by atoms with Crippen LogP contribution in [0, 0.1) is 17.8 Å². The van der Waals surface area contributed by atoms with Crippen molar-refractivity contribution in [3.8, 4) is 0 Å². The zero-order valence-electron chi connectivity index (χ0n) is 35.7. The van der Waals surface area contributed by atoms with E-state index in [1.165, 1.54) is 161 Å². The van der Waals surface area contributed by atoms with E-state index in [1.54, 1.807) is 0 Å². The predicted molar refractivity (Wildman–Crippen MR) is 226 cm³/mol. The van der Waals surface area contributed by atoms with Crippen LogP contribution in [0.15, 0.2) is 0 Å². The minimum atomic E-state index is -0.138. The fourth-order valence-electron chi connectivity index (χ4n) is 15.4. The van der Waals surface area contributed by atoms with Gasteiger partial charge in [-0.15, -0.1) is 0 Å². The summed E-state index contributed by atoms with van der Waals surface area (Å²) >= 11 is 0. The Hall–Kier alpha value is -0.240. The van der Waals surface area contributed by atoms with Crippen molar-refractivity contribution < 1.29 is 15.3 Å². The molecule has 0 aromatic heterocycles. The van der Waals surface area contributed by atoms with Crippen molar-refractivity contribution >= 4 is 0 Å². The highest BCUT2D eigenvalue weighted by Crippen LogP contribution is 2.45. The monoisotopic (exact) mass is 766 g/mol. The Morgan fingerprint density at radius 1 is 0.273 bits per heavy atom. The molecule has 0 aromatic rings. The lowest BCUT2D eigenvalue weighted by Crippen LogP contribution is -2.58. The second-order valence-electron chi connectivity index (χ2n) is 21.6. The van der Waals surface area contributed by atoms with Crippen molar-refractivity contribution in [2.45, 2.75) is 291 Å². The molecule has 3 N–H and O–H groups in total. The Kier molecular flexibility index (Phi) is 15.0. The first-order valence-electron chi connectivity index (χ1n) is 25.3. The van der Waals surface area contributed by atoms with Crippen LogP contribution in [0.2, 0.25) is 0 Å². The molecule has 6 heteroatoms. The van der Waals surface area contributed by atoms with Crippen molar-refractivity contribution in [2.75, 3.05) is 0 Å². The third-order valence-corrected chi connectivity index (χ3v) is 18.0. The summed E-state index contributed by atoms with van der Waals surface area (Å²) in [7, 11) is 0. The van der Waals surface area contributed by atoms with Crippen LogP contribution in [0.1, 0.15) is 219 Å². The highest BCUT2D eigenvalue weighted by Gasteiger charge is 2.45. The lowest BCUT2D eigenvalue weighted by atomic mass is 9.71. The van der Waals surface area contributed by atoms with Crippen LogP contribution in [0.3, 0.4) is 0 Å². The van der Waals surface area contributed by atoms with Gasteiger partial charge in [0.15, 0.2) is 0 Å². The second-order valence-corrected chi connectivity index (χ2v) is 21.6. The lowest BCUT2D eigenvalue weighted by Gasteiger charge is -2.54. The summed E-state index contributed by atoms with van der Waals surface area (Å²) in [5.41, 5.74) is 0. The SMILES string of the molecule is CC1CCCC(N(C2CCC(N(C3CCC(C4CCCCC4)CC3)C3CCC(N(C4CCCC(O)C4)C4CCCC(O)C4)CC3)CC2)C2CCCC(O)C2)C1. The molecule has 8 saturated carbocycles. The molecule has 8 aliphatic carbocycles. The molecule has 316 valence electrons. The van der Waals surface area contributed by atoms with E-state index in [9.17, 15) is 15.3 Å². The van der Waals surface area contributed by atoms with E-state index < -0.39 is 0 Å². The van der Waals surface area contributed by atoms with Gasteiger partial charge in [-0.05, 0) is 185 Å². The van der Waals surface area contributed by atoms with Crippen molar-refractivity contribution in [1.82, 2.24) is 14.7 Å². The fraction of sp³-hybridized carbons (Fsp3) is 1.00. The molecular weight excluding hydrogens is 679 g/mol. The molecule has 8 unspecified atom stereocenters. The molecule has 8 fully saturated rings. The van der Waals surface area contributed by atoms with Crippen molar-refractivity contribution in [3.63, 3.8) is 0 Å². The van der Waals surface area contributed by atoms with Gasteiger partial charge in [0.1, 0.15) is 0 Å². The van der Waals surface area contributed by atoms with Gasteiger partial charge in [0, 0.05) is 54.4 Å². The summed E-state index contributed by atoms with van der Waals surface area (Å²) in [5, 5.41) is 32.5. The van der Waals surface area contributed by atoms with Crippen LogP contribution in [-0.4, -0.2) is 103 Å². The maximum absolute atomic E-state index is 10.8. The molecule has 0 spiro atoms. The second kappa shape index (κ2) is 19.9. The molecular formula is C49H87N3O3. The molecule has 0 aromatic carbocycles. The smallest absolute Gasteiger partial charge is 0.0555 e. The maximum atomic E-state index is 10.8. The summed E-state index contributed by atoms with van der Waals surface area (Å²) in [6.45, 7) is 2.50. The first kappa shape index (κ1) is 41.5. The molecule has 0 bridgehead atoms.